The topological polar surface area (TPSA) is 59.3 Å². The van der Waals surface area contributed by atoms with Gasteiger partial charge in [0, 0.05) is 23.5 Å². The minimum absolute atomic E-state index is 0.177. The summed E-state index contributed by atoms with van der Waals surface area (Å²) < 4.78 is 1.79. The zero-order valence-corrected chi connectivity index (χ0v) is 14.6. The molecule has 4 aromatic rings. The van der Waals surface area contributed by atoms with Crippen LogP contribution in [0.3, 0.4) is 0 Å². The number of aryl methyl sites for hydroxylation is 2. The molecule has 1 amide bonds. The lowest BCUT2D eigenvalue weighted by Crippen LogP contribution is -2.14. The summed E-state index contributed by atoms with van der Waals surface area (Å²) in [6.45, 7) is 4.03. The monoisotopic (exact) mass is 342 g/mol. The highest BCUT2D eigenvalue weighted by Gasteiger charge is 2.17. The van der Waals surface area contributed by atoms with Crippen molar-refractivity contribution in [3.63, 3.8) is 0 Å². The summed E-state index contributed by atoms with van der Waals surface area (Å²) in [7, 11) is 0. The van der Waals surface area contributed by atoms with E-state index < -0.39 is 0 Å². The fourth-order valence-electron chi connectivity index (χ4n) is 2.80. The number of hydrogen-bond acceptors (Lipinski definition) is 3. The van der Waals surface area contributed by atoms with Crippen molar-refractivity contribution in [1.29, 1.82) is 0 Å². The van der Waals surface area contributed by atoms with Gasteiger partial charge in [-0.15, -0.1) is 0 Å². The molecule has 0 aliphatic carbocycles. The van der Waals surface area contributed by atoms with Crippen LogP contribution >= 0.6 is 0 Å². The van der Waals surface area contributed by atoms with Crippen LogP contribution in [0.1, 0.15) is 21.5 Å². The van der Waals surface area contributed by atoms with E-state index in [9.17, 15) is 4.79 Å². The van der Waals surface area contributed by atoms with Crippen LogP contribution in [0.15, 0.2) is 67.0 Å². The molecule has 0 atom stereocenters. The van der Waals surface area contributed by atoms with E-state index in [-0.39, 0.29) is 5.91 Å². The largest absolute Gasteiger partial charge is 0.306 e. The van der Waals surface area contributed by atoms with Crippen molar-refractivity contribution >= 4 is 17.5 Å². The van der Waals surface area contributed by atoms with Crippen molar-refractivity contribution in [3.05, 3.63) is 83.7 Å². The molecule has 0 saturated heterocycles. The standard InChI is InChI=1S/C21H18N4O/c1-14-4-8-16(9-5-14)18-19(25-13-3-12-22-21(25)23-18)24-20(26)17-10-6-15(2)7-11-17/h3-13H,1-2H3,(H,24,26). The summed E-state index contributed by atoms with van der Waals surface area (Å²) in [5.41, 5.74) is 4.51. The number of nitrogens with zero attached hydrogens (tertiary/aromatic N) is 3. The normalized spacial score (nSPS) is 10.8. The molecule has 26 heavy (non-hydrogen) atoms. The van der Waals surface area contributed by atoms with E-state index in [0.717, 1.165) is 11.1 Å². The Morgan fingerprint density at radius 2 is 1.62 bits per heavy atom. The SMILES string of the molecule is Cc1ccc(C(=O)Nc2c(-c3ccc(C)cc3)nc3ncccn23)cc1. The highest BCUT2D eigenvalue weighted by molar-refractivity contribution is 6.05. The van der Waals surface area contributed by atoms with Gasteiger partial charge >= 0.3 is 0 Å². The fourth-order valence-corrected chi connectivity index (χ4v) is 2.80. The van der Waals surface area contributed by atoms with Crippen LogP contribution in [0.25, 0.3) is 17.0 Å². The van der Waals surface area contributed by atoms with Gasteiger partial charge in [-0.2, -0.15) is 0 Å². The van der Waals surface area contributed by atoms with Crippen LogP contribution in [0.2, 0.25) is 0 Å². The molecule has 0 spiro atoms. The molecule has 0 aliphatic heterocycles. The molecule has 5 heteroatoms. The smallest absolute Gasteiger partial charge is 0.256 e. The number of benzene rings is 2. The minimum Gasteiger partial charge on any atom is -0.306 e. The van der Waals surface area contributed by atoms with Crippen LogP contribution in [-0.4, -0.2) is 20.3 Å². The van der Waals surface area contributed by atoms with Gasteiger partial charge in [-0.3, -0.25) is 9.20 Å². The third-order valence-electron chi connectivity index (χ3n) is 4.27. The summed E-state index contributed by atoms with van der Waals surface area (Å²) in [4.78, 5) is 21.6. The number of imidazole rings is 1. The Morgan fingerprint density at radius 1 is 0.962 bits per heavy atom. The Hall–Kier alpha value is -3.47. The van der Waals surface area contributed by atoms with Crippen LogP contribution in [-0.2, 0) is 0 Å². The first-order valence-electron chi connectivity index (χ1n) is 8.40. The quantitative estimate of drug-likeness (QED) is 0.605. The molecule has 4 rings (SSSR count). The molecule has 128 valence electrons. The molecule has 5 nitrogen and oxygen atoms in total. The van der Waals surface area contributed by atoms with E-state index in [4.69, 9.17) is 0 Å². The Kier molecular flexibility index (Phi) is 3.97. The van der Waals surface area contributed by atoms with Gasteiger partial charge in [0.25, 0.3) is 5.91 Å². The second-order valence-electron chi connectivity index (χ2n) is 6.28. The van der Waals surface area contributed by atoms with Gasteiger partial charge in [-0.05, 0) is 32.0 Å². The number of hydrogen-bond donors (Lipinski definition) is 1. The number of fused-ring (bicyclic) bond motifs is 1. The molecule has 0 unspecified atom stereocenters. The Morgan fingerprint density at radius 3 is 2.31 bits per heavy atom. The molecular formula is C21H18N4O. The number of carbonyl (C=O) groups excluding carboxylic acids is 1. The average Bonchev–Trinajstić information content (AvgIpc) is 3.01. The maximum Gasteiger partial charge on any atom is 0.256 e. The van der Waals surface area contributed by atoms with Crippen molar-refractivity contribution < 1.29 is 4.79 Å². The second-order valence-corrected chi connectivity index (χ2v) is 6.28. The number of carbonyl (C=O) groups is 1. The maximum absolute atomic E-state index is 12.7. The summed E-state index contributed by atoms with van der Waals surface area (Å²) in [6, 6.07) is 17.3. The predicted octanol–water partition coefficient (Wildman–Crippen LogP) is 4.27. The number of aromatic nitrogens is 3. The van der Waals surface area contributed by atoms with Gasteiger partial charge in [-0.25, -0.2) is 9.97 Å². The first kappa shape index (κ1) is 16.0. The van der Waals surface area contributed by atoms with E-state index in [2.05, 4.69) is 15.3 Å². The molecule has 0 saturated carbocycles. The van der Waals surface area contributed by atoms with E-state index in [0.29, 0.717) is 22.9 Å². The zero-order valence-electron chi connectivity index (χ0n) is 14.6. The van der Waals surface area contributed by atoms with Gasteiger partial charge < -0.3 is 5.32 Å². The molecule has 0 aliphatic rings. The van der Waals surface area contributed by atoms with Crippen LogP contribution in [0, 0.1) is 13.8 Å². The molecular weight excluding hydrogens is 324 g/mol. The van der Waals surface area contributed by atoms with Crippen molar-refractivity contribution in [2.75, 3.05) is 5.32 Å². The molecule has 0 bridgehead atoms. The van der Waals surface area contributed by atoms with Crippen LogP contribution in [0.4, 0.5) is 5.82 Å². The highest BCUT2D eigenvalue weighted by Crippen LogP contribution is 2.28. The lowest BCUT2D eigenvalue weighted by atomic mass is 10.1. The molecule has 2 aromatic carbocycles. The lowest BCUT2D eigenvalue weighted by Gasteiger charge is -2.08. The van der Waals surface area contributed by atoms with Crippen molar-refractivity contribution in [1.82, 2.24) is 14.4 Å². The van der Waals surface area contributed by atoms with Crippen LogP contribution < -0.4 is 5.32 Å². The van der Waals surface area contributed by atoms with Crippen molar-refractivity contribution in [3.8, 4) is 11.3 Å². The number of nitrogens with one attached hydrogen (secondary N) is 1. The molecule has 2 aromatic heterocycles. The summed E-state index contributed by atoms with van der Waals surface area (Å²) in [6.07, 6.45) is 3.53. The van der Waals surface area contributed by atoms with Gasteiger partial charge in [-0.1, -0.05) is 47.5 Å². The number of rotatable bonds is 3. The van der Waals surface area contributed by atoms with E-state index >= 15 is 0 Å². The molecule has 0 radical (unpaired) electrons. The average molecular weight is 342 g/mol. The molecule has 0 fully saturated rings. The second kappa shape index (κ2) is 6.44. The third-order valence-corrected chi connectivity index (χ3v) is 4.27. The number of anilines is 1. The Balaban J connectivity index is 1.79. The molecule has 1 N–H and O–H groups in total. The first-order valence-corrected chi connectivity index (χ1v) is 8.40. The lowest BCUT2D eigenvalue weighted by molar-refractivity contribution is 0.102. The Bertz CT molecular complexity index is 1080. The number of amides is 1. The van der Waals surface area contributed by atoms with Gasteiger partial charge in [0.05, 0.1) is 0 Å². The van der Waals surface area contributed by atoms with Gasteiger partial charge in [0.1, 0.15) is 11.5 Å². The summed E-state index contributed by atoms with van der Waals surface area (Å²) >= 11 is 0. The van der Waals surface area contributed by atoms with Gasteiger partial charge in [0.15, 0.2) is 0 Å². The Labute approximate surface area is 151 Å². The van der Waals surface area contributed by atoms with Gasteiger partial charge in [0.2, 0.25) is 5.78 Å². The first-order chi connectivity index (χ1) is 12.6. The highest BCUT2D eigenvalue weighted by atomic mass is 16.1. The molecule has 2 heterocycles. The van der Waals surface area contributed by atoms with E-state index in [1.165, 1.54) is 5.56 Å². The summed E-state index contributed by atoms with van der Waals surface area (Å²) in [5.74, 6) is 0.980. The van der Waals surface area contributed by atoms with Crippen molar-refractivity contribution in [2.45, 2.75) is 13.8 Å². The fraction of sp³-hybridized carbons (Fsp3) is 0.0952. The summed E-state index contributed by atoms with van der Waals surface area (Å²) in [5, 5.41) is 3.00. The minimum atomic E-state index is -0.177. The third kappa shape index (κ3) is 2.95. The zero-order chi connectivity index (χ0) is 18.1. The van der Waals surface area contributed by atoms with E-state index in [1.807, 2.05) is 74.6 Å². The predicted molar refractivity (Wildman–Crippen MR) is 102 cm³/mol. The maximum atomic E-state index is 12.7. The van der Waals surface area contributed by atoms with Crippen molar-refractivity contribution in [2.24, 2.45) is 0 Å². The van der Waals surface area contributed by atoms with Crippen LogP contribution in [0.5, 0.6) is 0 Å². The van der Waals surface area contributed by atoms with E-state index in [1.54, 1.807) is 10.6 Å².